The van der Waals surface area contributed by atoms with Gasteiger partial charge in [-0.15, -0.1) is 12.1 Å². The maximum absolute atomic E-state index is 8.07. The van der Waals surface area contributed by atoms with E-state index in [0.717, 1.165) is 11.1 Å². The van der Waals surface area contributed by atoms with E-state index in [1.165, 1.54) is 64.5 Å². The molecule has 8 heteroatoms. The molecule has 2 N–H and O–H groups in total. The maximum atomic E-state index is 8.07. The minimum Gasteiger partial charge on any atom is -0.672 e. The Kier molecular flexibility index (Phi) is 18.3. The van der Waals surface area contributed by atoms with Crippen molar-refractivity contribution in [3.8, 4) is 11.1 Å². The van der Waals surface area contributed by atoms with E-state index >= 15 is 0 Å². The van der Waals surface area contributed by atoms with Crippen molar-refractivity contribution in [3.63, 3.8) is 0 Å². The number of rotatable bonds is 10. The van der Waals surface area contributed by atoms with Crippen LogP contribution in [0.2, 0.25) is 0 Å². The molecule has 0 saturated carbocycles. The molecule has 0 aliphatic heterocycles. The van der Waals surface area contributed by atoms with Crippen LogP contribution in [-0.2, 0) is 15.1 Å². The third-order valence-corrected chi connectivity index (χ3v) is 17.1. The maximum Gasteiger partial charge on any atom is 0.111 e. The molecule has 0 unspecified atom stereocenters. The fourth-order valence-corrected chi connectivity index (χ4v) is 14.1. The van der Waals surface area contributed by atoms with Crippen LogP contribution in [0.5, 0.6) is 0 Å². The molecule has 0 aliphatic carbocycles. The van der Waals surface area contributed by atoms with Crippen LogP contribution >= 0.6 is 48.7 Å². The fourth-order valence-electron chi connectivity index (χ4n) is 8.58. The van der Waals surface area contributed by atoms with Crippen molar-refractivity contribution in [2.75, 3.05) is 0 Å². The van der Waals surface area contributed by atoms with Crippen molar-refractivity contribution in [1.29, 1.82) is 0 Å². The Morgan fingerprint density at radius 3 is 0.848 bits per heavy atom. The Balaban J connectivity index is 0.000000272. The predicted molar refractivity (Wildman–Crippen MR) is 296 cm³/mol. The fraction of sp³-hybridized carbons (Fsp3) is 0.0345. The smallest absolute Gasteiger partial charge is 0.111 e. The van der Waals surface area contributed by atoms with Gasteiger partial charge in [-0.05, 0) is 82.2 Å². The van der Waals surface area contributed by atoms with Gasteiger partial charge in [-0.1, -0.05) is 205 Å². The van der Waals surface area contributed by atoms with E-state index < -0.39 is 27.9 Å². The van der Waals surface area contributed by atoms with Crippen LogP contribution in [0.4, 0.5) is 0 Å². The van der Waals surface area contributed by atoms with Gasteiger partial charge in [0.15, 0.2) is 0 Å². The topological polar surface area (TPSA) is 47.6 Å². The summed E-state index contributed by atoms with van der Waals surface area (Å²) in [7, 11) is 6.97. The van der Waals surface area contributed by atoms with E-state index in [0.29, 0.717) is 0 Å². The summed E-state index contributed by atoms with van der Waals surface area (Å²) in [6.07, 6.45) is 0. The molecule has 0 fully saturated rings. The third kappa shape index (κ3) is 11.6. The van der Waals surface area contributed by atoms with Crippen LogP contribution in [-0.4, -0.2) is 0 Å². The van der Waals surface area contributed by atoms with Crippen molar-refractivity contribution in [2.45, 2.75) is 12.1 Å². The van der Waals surface area contributed by atoms with Crippen molar-refractivity contribution < 1.29 is 15.1 Å². The van der Waals surface area contributed by atoms with Gasteiger partial charge in [0, 0.05) is 11.1 Å². The SMILES string of the molecule is S.[Cl][Ru+2][Cl].[NH-][C@H](c1ccccc1)[C@H]([NH-])c1ccccc1.c1ccc([PH+](c2ccccc2)c2ccc3ccccc3c2-c2c([PH+](c3ccccc3)c3ccccc3)ccc3ccccc23)cc1. The van der Waals surface area contributed by atoms with Crippen LogP contribution in [0.1, 0.15) is 23.2 Å². The first-order chi connectivity index (χ1) is 32.1. The Hall–Kier alpha value is -4.95. The van der Waals surface area contributed by atoms with Gasteiger partial charge in [-0.2, -0.15) is 13.5 Å². The molecule has 2 atom stereocenters. The molecule has 66 heavy (non-hydrogen) atoms. The van der Waals surface area contributed by atoms with Gasteiger partial charge in [-0.3, -0.25) is 0 Å². The molecule has 0 aliphatic rings. The molecule has 0 heterocycles. The van der Waals surface area contributed by atoms with E-state index in [2.05, 4.69) is 194 Å². The van der Waals surface area contributed by atoms with Gasteiger partial charge in [0.25, 0.3) is 0 Å². The zero-order valence-corrected chi connectivity index (χ0v) is 42.3. The molecule has 2 nitrogen and oxygen atoms in total. The first kappa shape index (κ1) is 49.0. The molecule has 10 aromatic carbocycles. The van der Waals surface area contributed by atoms with Gasteiger partial charge < -0.3 is 11.5 Å². The molecule has 328 valence electrons. The monoisotopic (exact) mass is 1040 g/mol. The number of halogens is 2. The summed E-state index contributed by atoms with van der Waals surface area (Å²) in [4.78, 5) is 0. The molecule has 0 bridgehead atoms. The van der Waals surface area contributed by atoms with Crippen LogP contribution in [0.15, 0.2) is 255 Å². The van der Waals surface area contributed by atoms with Crippen molar-refractivity contribution in [3.05, 3.63) is 277 Å². The van der Waals surface area contributed by atoms with Gasteiger partial charge in [-0.25, -0.2) is 0 Å². The Bertz CT molecular complexity index is 2740. The summed E-state index contributed by atoms with van der Waals surface area (Å²) in [5, 5.41) is 13.6. The zero-order valence-electron chi connectivity index (χ0n) is 36.0. The Morgan fingerprint density at radius 1 is 0.318 bits per heavy atom. The second-order valence-corrected chi connectivity index (χ2v) is 23.0. The average molecular weight is 1040 g/mol. The number of hydrogen-bond donors (Lipinski definition) is 0. The van der Waals surface area contributed by atoms with E-state index in [9.17, 15) is 0 Å². The second kappa shape index (κ2) is 24.7. The predicted octanol–water partition coefficient (Wildman–Crippen LogP) is 14.7. The molecule has 0 aromatic heterocycles. The van der Waals surface area contributed by atoms with Crippen LogP contribution in [0.25, 0.3) is 44.1 Å². The molecule has 0 amide bonds. The summed E-state index contributed by atoms with van der Waals surface area (Å²) >= 11 is -0.346. The molecule has 0 saturated heterocycles. The van der Waals surface area contributed by atoms with E-state index in [1.807, 2.05) is 60.7 Å². The summed E-state index contributed by atoms with van der Waals surface area (Å²) in [6.45, 7) is 0. The summed E-state index contributed by atoms with van der Waals surface area (Å²) < 4.78 is 0. The molecule has 0 spiro atoms. The van der Waals surface area contributed by atoms with Crippen molar-refractivity contribution in [2.24, 2.45) is 0 Å². The minimum absolute atomic E-state index is 0. The largest absolute Gasteiger partial charge is 0.672 e. The summed E-state index contributed by atoms with van der Waals surface area (Å²) in [5.41, 5.74) is 20.7. The van der Waals surface area contributed by atoms with E-state index in [1.54, 1.807) is 0 Å². The number of hydrogen-bond acceptors (Lipinski definition) is 0. The van der Waals surface area contributed by atoms with Gasteiger partial charge in [0.2, 0.25) is 0 Å². The number of benzene rings is 10. The van der Waals surface area contributed by atoms with Crippen molar-refractivity contribution >= 4 is 102 Å². The Labute approximate surface area is 414 Å². The van der Waals surface area contributed by atoms with Crippen LogP contribution in [0.3, 0.4) is 0 Å². The third-order valence-electron chi connectivity index (χ3n) is 11.5. The summed E-state index contributed by atoms with van der Waals surface area (Å²) in [5.74, 6) is 0. The first-order valence-corrected chi connectivity index (χ1v) is 28.9. The van der Waals surface area contributed by atoms with E-state index in [-0.39, 0.29) is 28.6 Å². The van der Waals surface area contributed by atoms with Crippen LogP contribution in [0, 0.1) is 0 Å². The standard InChI is InChI=1S/C44H32P2.C14H14N2.2ClH.Ru.H2S/c1-5-19-35(20-6-1)45(36-21-7-2-8-22-36)41-31-29-33-17-13-15-27-39(33)43(41)44-40-28-16-14-18-34(40)30-32-42(44)46(37-23-9-3-10-24-37)38-25-11-4-12-26-38;15-13(11-7-3-1-4-8-11)14(16)12-9-5-2-6-10-12;;;;/h1-32H;1-10,13-16H;2*1H;;1H2/q;-2;;;+4;/t;13-,14-;;;;/m.1..../s1. The summed E-state index contributed by atoms with van der Waals surface area (Å²) in [6, 6.07) is 90.3. The van der Waals surface area contributed by atoms with Crippen LogP contribution < -0.4 is 31.8 Å². The average Bonchev–Trinajstić information content (AvgIpc) is 3.38. The Morgan fingerprint density at radius 2 is 0.561 bits per heavy atom. The van der Waals surface area contributed by atoms with E-state index in [4.69, 9.17) is 30.8 Å². The number of nitrogens with one attached hydrogen (secondary N) is 2. The second-order valence-electron chi connectivity index (χ2n) is 15.5. The number of fused-ring (bicyclic) bond motifs is 2. The van der Waals surface area contributed by atoms with Gasteiger partial charge >= 0.3 is 34.5 Å². The molecule has 0 radical (unpaired) electrons. The van der Waals surface area contributed by atoms with Gasteiger partial charge in [0.05, 0.1) is 15.8 Å². The quantitative estimate of drug-likeness (QED) is 0.0968. The first-order valence-electron chi connectivity index (χ1n) is 21.4. The normalized spacial score (nSPS) is 11.7. The molecule has 10 aromatic rings. The zero-order chi connectivity index (χ0) is 44.8. The molecular formula is C58H50Cl2N2P2RuS+2. The van der Waals surface area contributed by atoms with Crippen molar-refractivity contribution in [1.82, 2.24) is 0 Å². The molecular weight excluding hydrogens is 991 g/mol. The molecule has 10 rings (SSSR count). The minimum atomic E-state index is -1.37. The van der Waals surface area contributed by atoms with Gasteiger partial charge in [0.1, 0.15) is 31.8 Å².